The minimum atomic E-state index is -0.924. The molecular weight excluding hydrogens is 278 g/mol. The number of carbonyl (C=O) groups is 1. The van der Waals surface area contributed by atoms with Crippen LogP contribution in [0.3, 0.4) is 0 Å². The van der Waals surface area contributed by atoms with Crippen molar-refractivity contribution in [1.82, 2.24) is 0 Å². The fourth-order valence-electron chi connectivity index (χ4n) is 3.41. The van der Waals surface area contributed by atoms with Gasteiger partial charge in [-0.2, -0.15) is 0 Å². The van der Waals surface area contributed by atoms with Gasteiger partial charge in [0, 0.05) is 0 Å². The van der Waals surface area contributed by atoms with E-state index in [1.54, 1.807) is 0 Å². The van der Waals surface area contributed by atoms with Gasteiger partial charge in [0.2, 0.25) is 5.91 Å². The first-order valence-electron chi connectivity index (χ1n) is 7.41. The van der Waals surface area contributed by atoms with Gasteiger partial charge in [-0.25, -0.2) is 0 Å². The lowest BCUT2D eigenvalue weighted by Gasteiger charge is -2.16. The zero-order valence-corrected chi connectivity index (χ0v) is 12.1. The smallest absolute Gasteiger partial charge is 0.226 e. The van der Waals surface area contributed by atoms with Crippen molar-refractivity contribution >= 4 is 5.91 Å². The van der Waals surface area contributed by atoms with Crippen LogP contribution >= 0.6 is 0 Å². The average Bonchev–Trinajstić information content (AvgIpc) is 3.26. The Kier molecular flexibility index (Phi) is 3.03. The van der Waals surface area contributed by atoms with Gasteiger partial charge in [0.15, 0.2) is 5.79 Å². The number of nitrogens with two attached hydrogens (primary N) is 1. The number of hydrogen-bond donors (Lipinski definition) is 1. The summed E-state index contributed by atoms with van der Waals surface area (Å²) in [5.41, 5.74) is 8.81. The number of amides is 1. The Bertz CT molecular complexity index is 686. The van der Waals surface area contributed by atoms with Crippen molar-refractivity contribution in [3.63, 3.8) is 0 Å². The number of ether oxygens (including phenoxy) is 2. The number of rotatable bonds is 2. The van der Waals surface area contributed by atoms with E-state index in [9.17, 15) is 4.79 Å². The number of fused-ring (bicyclic) bond motifs is 1. The second kappa shape index (κ2) is 4.93. The highest BCUT2D eigenvalue weighted by Crippen LogP contribution is 2.61. The third kappa shape index (κ3) is 1.95. The summed E-state index contributed by atoms with van der Waals surface area (Å²) in [4.78, 5) is 11.9. The molecule has 4 nitrogen and oxygen atoms in total. The molecule has 2 aromatic carbocycles. The molecule has 2 unspecified atom stereocenters. The maximum absolute atomic E-state index is 11.9. The first-order valence-corrected chi connectivity index (χ1v) is 7.41. The highest BCUT2D eigenvalue weighted by Gasteiger charge is 2.72. The van der Waals surface area contributed by atoms with Crippen molar-refractivity contribution < 1.29 is 14.3 Å². The molecule has 0 saturated heterocycles. The predicted octanol–water partition coefficient (Wildman–Crippen LogP) is 2.33. The van der Waals surface area contributed by atoms with Crippen LogP contribution in [0, 0.1) is 5.92 Å². The average molecular weight is 295 g/mol. The largest absolute Gasteiger partial charge is 0.369 e. The highest BCUT2D eigenvalue weighted by atomic mass is 16.7. The molecule has 1 aliphatic carbocycles. The van der Waals surface area contributed by atoms with Crippen molar-refractivity contribution in [2.75, 3.05) is 0 Å². The van der Waals surface area contributed by atoms with Gasteiger partial charge in [0.25, 0.3) is 0 Å². The quantitative estimate of drug-likeness (QED) is 0.925. The molecule has 2 atom stereocenters. The van der Waals surface area contributed by atoms with E-state index in [1.807, 2.05) is 54.6 Å². The summed E-state index contributed by atoms with van der Waals surface area (Å²) in [6, 6.07) is 17.8. The molecule has 22 heavy (non-hydrogen) atoms. The van der Waals surface area contributed by atoms with Crippen molar-refractivity contribution in [3.05, 3.63) is 71.3 Å². The van der Waals surface area contributed by atoms with E-state index >= 15 is 0 Å². The number of carbonyl (C=O) groups excluding carboxylic acids is 1. The Hall–Kier alpha value is -2.17. The van der Waals surface area contributed by atoms with E-state index in [0.29, 0.717) is 13.2 Å². The fourth-order valence-corrected chi connectivity index (χ4v) is 3.41. The number of hydrogen-bond acceptors (Lipinski definition) is 3. The van der Waals surface area contributed by atoms with Crippen molar-refractivity contribution in [3.8, 4) is 0 Å². The van der Waals surface area contributed by atoms with Crippen molar-refractivity contribution in [1.29, 1.82) is 0 Å². The number of primary amides is 1. The predicted molar refractivity (Wildman–Crippen MR) is 80.6 cm³/mol. The third-order valence-electron chi connectivity index (χ3n) is 4.58. The maximum Gasteiger partial charge on any atom is 0.226 e. The van der Waals surface area contributed by atoms with E-state index in [1.165, 1.54) is 0 Å². The van der Waals surface area contributed by atoms with Crippen molar-refractivity contribution in [2.45, 2.75) is 24.9 Å². The molecule has 1 fully saturated rings. The highest BCUT2D eigenvalue weighted by molar-refractivity contribution is 5.83. The summed E-state index contributed by atoms with van der Waals surface area (Å²) in [5, 5.41) is 0. The minimum Gasteiger partial charge on any atom is -0.369 e. The Morgan fingerprint density at radius 1 is 0.955 bits per heavy atom. The molecule has 4 heteroatoms. The molecule has 4 rings (SSSR count). The molecule has 1 spiro atoms. The topological polar surface area (TPSA) is 61.6 Å². The van der Waals surface area contributed by atoms with E-state index in [0.717, 1.165) is 16.7 Å². The van der Waals surface area contributed by atoms with Crippen LogP contribution in [0.1, 0.15) is 22.6 Å². The van der Waals surface area contributed by atoms with Gasteiger partial charge in [0.05, 0.1) is 19.1 Å². The Balaban J connectivity index is 1.68. The van der Waals surface area contributed by atoms with Crippen LogP contribution < -0.4 is 5.73 Å². The number of benzene rings is 2. The second-order valence-electron chi connectivity index (χ2n) is 5.84. The SMILES string of the molecule is NC(=O)C1C(c2ccccc2)C12OCc1ccccc1CO2. The summed E-state index contributed by atoms with van der Waals surface area (Å²) in [7, 11) is 0. The zero-order valence-electron chi connectivity index (χ0n) is 12.1. The molecule has 112 valence electrons. The van der Waals surface area contributed by atoms with Gasteiger partial charge in [-0.1, -0.05) is 54.6 Å². The minimum absolute atomic E-state index is 0.138. The first-order chi connectivity index (χ1) is 10.7. The molecule has 1 amide bonds. The van der Waals surface area contributed by atoms with Crippen LogP contribution in [-0.2, 0) is 27.5 Å². The molecule has 1 heterocycles. The van der Waals surface area contributed by atoms with Gasteiger partial charge in [0.1, 0.15) is 5.92 Å². The lowest BCUT2D eigenvalue weighted by Crippen LogP contribution is -2.26. The van der Waals surface area contributed by atoms with Gasteiger partial charge < -0.3 is 15.2 Å². The van der Waals surface area contributed by atoms with Crippen LogP contribution in [-0.4, -0.2) is 11.7 Å². The first kappa shape index (κ1) is 13.5. The molecule has 1 aliphatic heterocycles. The standard InChI is InChI=1S/C18H17NO3/c19-17(20)16-15(12-6-2-1-3-7-12)18(16)21-10-13-8-4-5-9-14(13)11-22-18/h1-9,15-16H,10-11H2,(H2,19,20). The molecule has 1 saturated carbocycles. The summed E-state index contributed by atoms with van der Waals surface area (Å²) in [5.74, 6) is -1.88. The lowest BCUT2D eigenvalue weighted by atomic mass is 10.1. The normalized spacial score (nSPS) is 25.3. The van der Waals surface area contributed by atoms with Gasteiger partial charge in [-0.05, 0) is 16.7 Å². The van der Waals surface area contributed by atoms with Crippen LogP contribution in [0.5, 0.6) is 0 Å². The summed E-state index contributed by atoms with van der Waals surface area (Å²) < 4.78 is 12.1. The molecule has 2 aliphatic rings. The van der Waals surface area contributed by atoms with E-state index in [2.05, 4.69) is 0 Å². The molecule has 0 aromatic heterocycles. The van der Waals surface area contributed by atoms with Gasteiger partial charge in [-0.15, -0.1) is 0 Å². The Morgan fingerprint density at radius 3 is 2.05 bits per heavy atom. The summed E-state index contributed by atoms with van der Waals surface area (Å²) in [6.45, 7) is 0.868. The van der Waals surface area contributed by atoms with Gasteiger partial charge >= 0.3 is 0 Å². The lowest BCUT2D eigenvalue weighted by molar-refractivity contribution is -0.188. The Morgan fingerprint density at radius 2 is 1.50 bits per heavy atom. The molecule has 2 aromatic rings. The fraction of sp³-hybridized carbons (Fsp3) is 0.278. The van der Waals surface area contributed by atoms with Crippen LogP contribution in [0.15, 0.2) is 54.6 Å². The zero-order chi connectivity index (χ0) is 15.2. The van der Waals surface area contributed by atoms with Crippen LogP contribution in [0.2, 0.25) is 0 Å². The third-order valence-corrected chi connectivity index (χ3v) is 4.58. The molecule has 2 N–H and O–H groups in total. The van der Waals surface area contributed by atoms with E-state index in [-0.39, 0.29) is 11.8 Å². The molecule has 0 bridgehead atoms. The maximum atomic E-state index is 11.9. The van der Waals surface area contributed by atoms with Gasteiger partial charge in [-0.3, -0.25) is 4.79 Å². The molecular formula is C18H17NO3. The summed E-state index contributed by atoms with van der Waals surface area (Å²) in [6.07, 6.45) is 0. The second-order valence-corrected chi connectivity index (χ2v) is 5.84. The van der Waals surface area contributed by atoms with E-state index < -0.39 is 11.7 Å². The van der Waals surface area contributed by atoms with E-state index in [4.69, 9.17) is 15.2 Å². The monoisotopic (exact) mass is 295 g/mol. The van der Waals surface area contributed by atoms with Crippen molar-refractivity contribution in [2.24, 2.45) is 11.7 Å². The van der Waals surface area contributed by atoms with Crippen LogP contribution in [0.25, 0.3) is 0 Å². The van der Waals surface area contributed by atoms with Crippen LogP contribution in [0.4, 0.5) is 0 Å². The summed E-state index contributed by atoms with van der Waals surface area (Å²) >= 11 is 0. The Labute approximate surface area is 128 Å². The molecule has 0 radical (unpaired) electrons.